The quantitative estimate of drug-likeness (QED) is 0.557. The minimum atomic E-state index is -0.0693. The zero-order valence-electron chi connectivity index (χ0n) is 17.9. The van der Waals surface area contributed by atoms with Gasteiger partial charge in [0.1, 0.15) is 0 Å². The van der Waals surface area contributed by atoms with Crippen LogP contribution in [0.5, 0.6) is 0 Å². The number of carbonyl (C=O) groups is 1. The summed E-state index contributed by atoms with van der Waals surface area (Å²) in [4.78, 5) is 28.1. The van der Waals surface area contributed by atoms with Crippen molar-refractivity contribution < 1.29 is 4.79 Å². The molecule has 2 aliphatic heterocycles. The Morgan fingerprint density at radius 3 is 2.84 bits per heavy atom. The van der Waals surface area contributed by atoms with Crippen LogP contribution in [0.25, 0.3) is 16.5 Å². The van der Waals surface area contributed by atoms with Gasteiger partial charge >= 0.3 is 0 Å². The first-order valence-electron chi connectivity index (χ1n) is 11.2. The highest BCUT2D eigenvalue weighted by atomic mass is 32.2. The van der Waals surface area contributed by atoms with E-state index in [0.717, 1.165) is 59.3 Å². The Balaban J connectivity index is 1.26. The van der Waals surface area contributed by atoms with E-state index in [1.54, 1.807) is 17.8 Å². The number of hydrogen-bond donors (Lipinski definition) is 3. The van der Waals surface area contributed by atoms with Crippen LogP contribution in [0.15, 0.2) is 59.4 Å². The fourth-order valence-electron chi connectivity index (χ4n) is 4.63. The molecule has 5 nitrogen and oxygen atoms in total. The predicted octanol–water partition coefficient (Wildman–Crippen LogP) is 3.88. The molecule has 1 aromatic heterocycles. The average Bonchev–Trinajstić information content (AvgIpc) is 2.85. The molecule has 5 rings (SSSR count). The molecule has 164 valence electrons. The maximum absolute atomic E-state index is 12.8. The molecule has 0 spiro atoms. The van der Waals surface area contributed by atoms with Gasteiger partial charge in [-0.25, -0.2) is 0 Å². The van der Waals surface area contributed by atoms with Gasteiger partial charge in [-0.1, -0.05) is 36.4 Å². The monoisotopic (exact) mass is 445 g/mol. The second-order valence-electron chi connectivity index (χ2n) is 8.39. The number of aromatic nitrogens is 1. The van der Waals surface area contributed by atoms with E-state index in [1.165, 1.54) is 11.1 Å². The molecule has 32 heavy (non-hydrogen) atoms. The lowest BCUT2D eigenvalue weighted by Crippen LogP contribution is -2.36. The summed E-state index contributed by atoms with van der Waals surface area (Å²) >= 11 is 1.78. The number of aryl methyl sites for hydroxylation is 1. The summed E-state index contributed by atoms with van der Waals surface area (Å²) in [5.74, 6) is 1.68. The smallest absolute Gasteiger partial charge is 0.252 e. The van der Waals surface area contributed by atoms with E-state index in [0.29, 0.717) is 12.1 Å². The molecular formula is C26H27N3O2S. The second kappa shape index (κ2) is 9.35. The zero-order valence-corrected chi connectivity index (χ0v) is 18.8. The molecule has 3 aromatic rings. The maximum atomic E-state index is 12.8. The predicted molar refractivity (Wildman–Crippen MR) is 132 cm³/mol. The first kappa shape index (κ1) is 21.0. The molecule has 1 amide bonds. The number of carbonyl (C=O) groups excluding carboxylic acids is 1. The van der Waals surface area contributed by atoms with Gasteiger partial charge in [-0.2, -0.15) is 11.8 Å². The summed E-state index contributed by atoms with van der Waals surface area (Å²) in [6.45, 7) is 1.55. The van der Waals surface area contributed by atoms with Crippen LogP contribution in [0, 0.1) is 0 Å². The van der Waals surface area contributed by atoms with Gasteiger partial charge in [-0.05, 0) is 66.5 Å². The van der Waals surface area contributed by atoms with Gasteiger partial charge in [0.2, 0.25) is 0 Å². The number of nitrogens with one attached hydrogen (secondary N) is 3. The van der Waals surface area contributed by atoms with Crippen molar-refractivity contribution in [2.24, 2.45) is 0 Å². The Morgan fingerprint density at radius 2 is 1.97 bits per heavy atom. The molecular weight excluding hydrogens is 418 g/mol. The normalized spacial score (nSPS) is 18.1. The molecule has 2 aliphatic rings. The Kier molecular flexibility index (Phi) is 6.14. The van der Waals surface area contributed by atoms with Crippen LogP contribution in [0.2, 0.25) is 0 Å². The highest BCUT2D eigenvalue weighted by molar-refractivity contribution is 7.98. The van der Waals surface area contributed by atoms with E-state index in [-0.39, 0.29) is 17.5 Å². The van der Waals surface area contributed by atoms with Crippen molar-refractivity contribution in [1.82, 2.24) is 15.6 Å². The van der Waals surface area contributed by atoms with Crippen molar-refractivity contribution in [3.05, 3.63) is 87.2 Å². The van der Waals surface area contributed by atoms with Crippen molar-refractivity contribution in [3.8, 4) is 0 Å². The van der Waals surface area contributed by atoms with Crippen molar-refractivity contribution >= 4 is 34.1 Å². The largest absolute Gasteiger partial charge is 0.352 e. The highest BCUT2D eigenvalue weighted by Crippen LogP contribution is 2.28. The molecule has 0 saturated carbocycles. The van der Waals surface area contributed by atoms with E-state index in [1.807, 2.05) is 18.2 Å². The fourth-order valence-corrected chi connectivity index (χ4v) is 5.63. The number of hydrogen-bond acceptors (Lipinski definition) is 4. The van der Waals surface area contributed by atoms with Gasteiger partial charge in [0, 0.05) is 40.4 Å². The van der Waals surface area contributed by atoms with Gasteiger partial charge in [0.25, 0.3) is 11.5 Å². The van der Waals surface area contributed by atoms with Crippen LogP contribution >= 0.6 is 11.8 Å². The third-order valence-electron chi connectivity index (χ3n) is 6.32. The number of pyridine rings is 1. The van der Waals surface area contributed by atoms with Crippen LogP contribution < -0.4 is 16.2 Å². The number of rotatable bonds is 5. The molecule has 3 N–H and O–H groups in total. The minimum absolute atomic E-state index is 0.000176. The lowest BCUT2D eigenvalue weighted by Gasteiger charge is -2.23. The van der Waals surface area contributed by atoms with Gasteiger partial charge < -0.3 is 15.6 Å². The lowest BCUT2D eigenvalue weighted by molar-refractivity contribution is 0.0952. The van der Waals surface area contributed by atoms with Crippen LogP contribution in [0.1, 0.15) is 39.9 Å². The summed E-state index contributed by atoms with van der Waals surface area (Å²) in [6, 6.07) is 16.3. The van der Waals surface area contributed by atoms with Crippen molar-refractivity contribution in [3.63, 3.8) is 0 Å². The molecule has 6 heteroatoms. The van der Waals surface area contributed by atoms with Gasteiger partial charge in [0.05, 0.1) is 0 Å². The molecule has 1 atom stereocenters. The first-order chi connectivity index (χ1) is 15.7. The molecule has 0 bridgehead atoms. The standard InChI is InChI=1S/C26H27N3O2S/c30-25(28-12-9-20-14-18(8-11-27-20)17-4-2-1-3-5-17)19-6-7-24-22(15-19)21-10-13-32-16-23(21)26(31)29-24/h1-7,14-15,20,27H,8-13,16H2,(H,28,30)(H,29,31). The summed E-state index contributed by atoms with van der Waals surface area (Å²) in [7, 11) is 0. The Hall–Kier alpha value is -2.83. The Labute approximate surface area is 191 Å². The van der Waals surface area contributed by atoms with E-state index in [9.17, 15) is 9.59 Å². The van der Waals surface area contributed by atoms with E-state index >= 15 is 0 Å². The van der Waals surface area contributed by atoms with Crippen LogP contribution in [0.3, 0.4) is 0 Å². The van der Waals surface area contributed by atoms with Crippen molar-refractivity contribution in [2.45, 2.75) is 31.1 Å². The maximum Gasteiger partial charge on any atom is 0.252 e. The fraction of sp³-hybridized carbons (Fsp3) is 0.308. The number of H-pyrrole nitrogens is 1. The molecule has 2 aromatic carbocycles. The minimum Gasteiger partial charge on any atom is -0.352 e. The van der Waals surface area contributed by atoms with Crippen molar-refractivity contribution in [1.29, 1.82) is 0 Å². The molecule has 3 heterocycles. The molecule has 0 aliphatic carbocycles. The number of aromatic amines is 1. The van der Waals surface area contributed by atoms with Gasteiger partial charge in [-0.3, -0.25) is 9.59 Å². The topological polar surface area (TPSA) is 74.0 Å². The van der Waals surface area contributed by atoms with E-state index in [4.69, 9.17) is 0 Å². The first-order valence-corrected chi connectivity index (χ1v) is 12.4. The second-order valence-corrected chi connectivity index (χ2v) is 9.49. The van der Waals surface area contributed by atoms with Crippen LogP contribution in [-0.2, 0) is 12.2 Å². The Morgan fingerprint density at radius 1 is 1.09 bits per heavy atom. The molecule has 1 unspecified atom stereocenters. The SMILES string of the molecule is O=C(NCCC1C=C(c2ccccc2)CCN1)c1ccc2[nH]c(=O)c3c(c2c1)CCSC3. The van der Waals surface area contributed by atoms with Crippen molar-refractivity contribution in [2.75, 3.05) is 18.8 Å². The van der Waals surface area contributed by atoms with E-state index in [2.05, 4.69) is 46.0 Å². The summed E-state index contributed by atoms with van der Waals surface area (Å²) in [5.41, 5.74) is 6.05. The van der Waals surface area contributed by atoms with Crippen LogP contribution in [0.4, 0.5) is 0 Å². The number of amides is 1. The highest BCUT2D eigenvalue weighted by Gasteiger charge is 2.18. The third-order valence-corrected chi connectivity index (χ3v) is 7.31. The third kappa shape index (κ3) is 4.38. The average molecular weight is 446 g/mol. The van der Waals surface area contributed by atoms with Gasteiger partial charge in [0.15, 0.2) is 0 Å². The summed E-state index contributed by atoms with van der Waals surface area (Å²) in [6.07, 6.45) is 5.03. The van der Waals surface area contributed by atoms with Gasteiger partial charge in [-0.15, -0.1) is 0 Å². The number of benzene rings is 2. The molecule has 0 fully saturated rings. The summed E-state index contributed by atoms with van der Waals surface area (Å²) < 4.78 is 0. The Bertz CT molecular complexity index is 1230. The molecule has 0 radical (unpaired) electrons. The van der Waals surface area contributed by atoms with Crippen LogP contribution in [-0.4, -0.2) is 35.8 Å². The number of fused-ring (bicyclic) bond motifs is 3. The number of thioether (sulfide) groups is 1. The molecule has 0 saturated heterocycles. The zero-order chi connectivity index (χ0) is 21.9. The lowest BCUT2D eigenvalue weighted by atomic mass is 9.96. The summed E-state index contributed by atoms with van der Waals surface area (Å²) in [5, 5.41) is 7.60. The van der Waals surface area contributed by atoms with E-state index < -0.39 is 0 Å².